The molecule has 2 heterocycles. The molecule has 0 atom stereocenters. The highest BCUT2D eigenvalue weighted by Crippen LogP contribution is 2.31. The Balaban J connectivity index is 2.35. The number of nitrogens with zero attached hydrogens (tertiary/aromatic N) is 2. The Kier molecular flexibility index (Phi) is 2.98. The van der Waals surface area contributed by atoms with Gasteiger partial charge in [0.2, 0.25) is 0 Å². The molecule has 0 saturated heterocycles. The van der Waals surface area contributed by atoms with Gasteiger partial charge in [0.25, 0.3) is 0 Å². The van der Waals surface area contributed by atoms with Crippen molar-refractivity contribution in [2.24, 2.45) is 7.05 Å². The largest absolute Gasteiger partial charge is 0.481 e. The van der Waals surface area contributed by atoms with Crippen molar-refractivity contribution in [2.75, 3.05) is 0 Å². The summed E-state index contributed by atoms with van der Waals surface area (Å²) in [5, 5.41) is 12.8. The number of thiophene rings is 1. The highest BCUT2D eigenvalue weighted by molar-refractivity contribution is 7.19. The fraction of sp³-hybridized carbons (Fsp3) is 0.200. The number of carboxylic acid groups (broad SMARTS) is 1. The van der Waals surface area contributed by atoms with E-state index < -0.39 is 5.97 Å². The Hall–Kier alpha value is -1.33. The van der Waals surface area contributed by atoms with Gasteiger partial charge in [0.15, 0.2) is 0 Å². The Morgan fingerprint density at radius 3 is 2.94 bits per heavy atom. The van der Waals surface area contributed by atoms with Gasteiger partial charge in [-0.25, -0.2) is 0 Å². The zero-order valence-corrected chi connectivity index (χ0v) is 10.0. The first-order valence-electron chi connectivity index (χ1n) is 4.56. The lowest BCUT2D eigenvalue weighted by molar-refractivity contribution is -0.136. The van der Waals surface area contributed by atoms with Crippen molar-refractivity contribution in [2.45, 2.75) is 6.42 Å². The monoisotopic (exact) mass is 256 g/mol. The third kappa shape index (κ3) is 2.25. The first-order chi connectivity index (χ1) is 7.56. The van der Waals surface area contributed by atoms with Crippen LogP contribution >= 0.6 is 22.9 Å². The smallest absolute Gasteiger partial charge is 0.309 e. The Labute approximate surface area is 101 Å². The maximum atomic E-state index is 10.6. The second kappa shape index (κ2) is 4.27. The summed E-state index contributed by atoms with van der Waals surface area (Å²) in [6, 6.07) is 5.48. The predicted molar refractivity (Wildman–Crippen MR) is 62.9 cm³/mol. The third-order valence-electron chi connectivity index (χ3n) is 2.09. The maximum Gasteiger partial charge on any atom is 0.309 e. The van der Waals surface area contributed by atoms with E-state index in [0.29, 0.717) is 10.0 Å². The second-order valence-electron chi connectivity index (χ2n) is 3.32. The fourth-order valence-electron chi connectivity index (χ4n) is 1.45. The number of aromatic nitrogens is 2. The van der Waals surface area contributed by atoms with Gasteiger partial charge in [0.1, 0.15) is 0 Å². The molecule has 1 N–H and O–H groups in total. The lowest BCUT2D eigenvalue weighted by Gasteiger charge is -1.95. The number of aryl methyl sites for hydroxylation is 1. The molecule has 0 unspecified atom stereocenters. The standard InChI is InChI=1S/C10H9ClN2O2S/c1-13-7(8-2-3-9(11)16-8)4-6(12-13)5-10(14)15/h2-4H,5H2,1H3,(H,14,15). The summed E-state index contributed by atoms with van der Waals surface area (Å²) < 4.78 is 2.37. The first-order valence-corrected chi connectivity index (χ1v) is 5.76. The molecule has 0 fully saturated rings. The van der Waals surface area contributed by atoms with Gasteiger partial charge in [-0.2, -0.15) is 5.10 Å². The van der Waals surface area contributed by atoms with Crippen LogP contribution in [0.1, 0.15) is 5.69 Å². The Bertz CT molecular complexity index is 533. The van der Waals surface area contributed by atoms with Crippen LogP contribution in [-0.2, 0) is 18.3 Å². The van der Waals surface area contributed by atoms with Crippen molar-refractivity contribution < 1.29 is 9.90 Å². The van der Waals surface area contributed by atoms with Gasteiger partial charge in [0.05, 0.1) is 27.0 Å². The minimum Gasteiger partial charge on any atom is -0.481 e. The molecule has 0 aliphatic heterocycles. The molecule has 2 aromatic rings. The lowest BCUT2D eigenvalue weighted by atomic mass is 10.2. The van der Waals surface area contributed by atoms with Crippen molar-refractivity contribution in [1.82, 2.24) is 9.78 Å². The highest BCUT2D eigenvalue weighted by atomic mass is 35.5. The molecule has 0 saturated carbocycles. The quantitative estimate of drug-likeness (QED) is 0.918. The summed E-state index contributed by atoms with van der Waals surface area (Å²) >= 11 is 7.29. The summed E-state index contributed by atoms with van der Waals surface area (Å²) in [6.45, 7) is 0. The van der Waals surface area contributed by atoms with Crippen LogP contribution in [0.2, 0.25) is 4.34 Å². The number of halogens is 1. The van der Waals surface area contributed by atoms with Crippen molar-refractivity contribution in [3.63, 3.8) is 0 Å². The van der Waals surface area contributed by atoms with Crippen molar-refractivity contribution in [1.29, 1.82) is 0 Å². The van der Waals surface area contributed by atoms with Crippen LogP contribution in [0.4, 0.5) is 0 Å². The average Bonchev–Trinajstić information content (AvgIpc) is 2.72. The molecule has 0 amide bonds. The minimum atomic E-state index is -0.881. The van der Waals surface area contributed by atoms with Crippen molar-refractivity contribution >= 4 is 28.9 Å². The number of aliphatic carboxylic acids is 1. The molecule has 4 nitrogen and oxygen atoms in total. The van der Waals surface area contributed by atoms with Crippen LogP contribution in [0.15, 0.2) is 18.2 Å². The van der Waals surface area contributed by atoms with Gasteiger partial charge in [0, 0.05) is 7.05 Å². The zero-order chi connectivity index (χ0) is 11.7. The van der Waals surface area contributed by atoms with Gasteiger partial charge in [-0.1, -0.05) is 11.6 Å². The minimum absolute atomic E-state index is 0.0626. The van der Waals surface area contributed by atoms with Gasteiger partial charge < -0.3 is 5.11 Å². The molecule has 2 aromatic heterocycles. The van der Waals surface area contributed by atoms with Crippen LogP contribution < -0.4 is 0 Å². The molecule has 0 bridgehead atoms. The van der Waals surface area contributed by atoms with E-state index in [2.05, 4.69) is 5.10 Å². The van der Waals surface area contributed by atoms with E-state index in [1.807, 2.05) is 12.1 Å². The number of rotatable bonds is 3. The second-order valence-corrected chi connectivity index (χ2v) is 5.03. The summed E-state index contributed by atoms with van der Waals surface area (Å²) in [7, 11) is 1.79. The zero-order valence-electron chi connectivity index (χ0n) is 8.48. The number of carboxylic acids is 1. The molecular formula is C10H9ClN2O2S. The maximum absolute atomic E-state index is 10.6. The summed E-state index contributed by atoms with van der Waals surface area (Å²) in [5.74, 6) is -0.881. The van der Waals surface area contributed by atoms with Gasteiger partial charge in [-0.3, -0.25) is 9.48 Å². The van der Waals surface area contributed by atoms with Gasteiger partial charge in [-0.05, 0) is 18.2 Å². The van der Waals surface area contributed by atoms with E-state index in [4.69, 9.17) is 16.7 Å². The molecule has 84 valence electrons. The molecule has 6 heteroatoms. The molecule has 16 heavy (non-hydrogen) atoms. The fourth-order valence-corrected chi connectivity index (χ4v) is 2.54. The number of hydrogen-bond donors (Lipinski definition) is 1. The van der Waals surface area contributed by atoms with E-state index >= 15 is 0 Å². The van der Waals surface area contributed by atoms with Crippen LogP contribution in [0, 0.1) is 0 Å². The van der Waals surface area contributed by atoms with Crippen LogP contribution in [0.25, 0.3) is 10.6 Å². The summed E-state index contributed by atoms with van der Waals surface area (Å²) in [5.41, 5.74) is 1.43. The number of hydrogen-bond acceptors (Lipinski definition) is 3. The lowest BCUT2D eigenvalue weighted by Crippen LogP contribution is -2.01. The van der Waals surface area contributed by atoms with Crippen molar-refractivity contribution in [3.05, 3.63) is 28.2 Å². The highest BCUT2D eigenvalue weighted by Gasteiger charge is 2.11. The molecular weight excluding hydrogens is 248 g/mol. The third-order valence-corrected chi connectivity index (χ3v) is 3.34. The number of carbonyl (C=O) groups is 1. The summed E-state index contributed by atoms with van der Waals surface area (Å²) in [4.78, 5) is 11.5. The predicted octanol–water partition coefficient (Wildman–Crippen LogP) is 2.43. The average molecular weight is 257 g/mol. The van der Waals surface area contributed by atoms with Crippen LogP contribution in [0.3, 0.4) is 0 Å². The molecule has 0 radical (unpaired) electrons. The topological polar surface area (TPSA) is 55.1 Å². The first kappa shape index (κ1) is 11.2. The SMILES string of the molecule is Cn1nc(CC(=O)O)cc1-c1ccc(Cl)s1. The Morgan fingerprint density at radius 2 is 2.38 bits per heavy atom. The van der Waals surface area contributed by atoms with E-state index in [0.717, 1.165) is 10.6 Å². The Morgan fingerprint density at radius 1 is 1.62 bits per heavy atom. The van der Waals surface area contributed by atoms with Gasteiger partial charge in [-0.15, -0.1) is 11.3 Å². The molecule has 0 aliphatic carbocycles. The van der Waals surface area contributed by atoms with E-state index in [1.165, 1.54) is 11.3 Å². The van der Waals surface area contributed by atoms with Crippen LogP contribution in [0.5, 0.6) is 0 Å². The van der Waals surface area contributed by atoms with Gasteiger partial charge >= 0.3 is 5.97 Å². The van der Waals surface area contributed by atoms with E-state index in [9.17, 15) is 4.79 Å². The molecule has 2 rings (SSSR count). The molecule has 0 aliphatic rings. The molecule has 0 spiro atoms. The van der Waals surface area contributed by atoms with Crippen molar-refractivity contribution in [3.8, 4) is 10.6 Å². The van der Waals surface area contributed by atoms with E-state index in [1.54, 1.807) is 17.8 Å². The summed E-state index contributed by atoms with van der Waals surface area (Å²) in [6.07, 6.45) is -0.0626. The van der Waals surface area contributed by atoms with Crippen LogP contribution in [-0.4, -0.2) is 20.9 Å². The van der Waals surface area contributed by atoms with E-state index in [-0.39, 0.29) is 6.42 Å². The normalized spacial score (nSPS) is 10.6. The molecule has 0 aromatic carbocycles.